The Balaban J connectivity index is 2.19. The lowest BCUT2D eigenvalue weighted by Crippen LogP contribution is -2.44. The predicted molar refractivity (Wildman–Crippen MR) is 80.6 cm³/mol. The predicted octanol–water partition coefficient (Wildman–Crippen LogP) is 1.41. The first-order valence-electron chi connectivity index (χ1n) is 7.05. The van der Waals surface area contributed by atoms with Crippen molar-refractivity contribution >= 4 is 23.3 Å². The summed E-state index contributed by atoms with van der Waals surface area (Å²) in [7, 11) is 1.36. The summed E-state index contributed by atoms with van der Waals surface area (Å²) < 4.78 is 4.71. The molecule has 0 saturated carbocycles. The van der Waals surface area contributed by atoms with Gasteiger partial charge in [-0.05, 0) is 37.5 Å². The number of carbonyl (C=O) groups excluding carboxylic acids is 2. The van der Waals surface area contributed by atoms with Crippen LogP contribution >= 0.6 is 0 Å². The Morgan fingerprint density at radius 2 is 1.90 bits per heavy atom. The highest BCUT2D eigenvalue weighted by atomic mass is 16.5. The van der Waals surface area contributed by atoms with Crippen LogP contribution in [0, 0.1) is 0 Å². The third kappa shape index (κ3) is 3.65. The number of ether oxygens (including phenoxy) is 1. The fourth-order valence-electron chi connectivity index (χ4n) is 2.72. The topological polar surface area (TPSA) is 98.6 Å². The highest BCUT2D eigenvalue weighted by molar-refractivity contribution is 5.96. The van der Waals surface area contributed by atoms with E-state index in [4.69, 9.17) is 16.2 Å². The van der Waals surface area contributed by atoms with Crippen molar-refractivity contribution < 1.29 is 14.3 Å². The highest BCUT2D eigenvalue weighted by Crippen LogP contribution is 2.24. The maximum absolute atomic E-state index is 12.6. The minimum absolute atomic E-state index is 0.124. The summed E-state index contributed by atoms with van der Waals surface area (Å²) in [6.07, 6.45) is 2.96. The molecule has 1 aromatic carbocycles. The van der Waals surface area contributed by atoms with Crippen LogP contribution in [0.15, 0.2) is 18.2 Å². The smallest absolute Gasteiger partial charge is 0.307 e. The van der Waals surface area contributed by atoms with E-state index in [1.54, 1.807) is 23.1 Å². The lowest BCUT2D eigenvalue weighted by molar-refractivity contribution is -0.142. The van der Waals surface area contributed by atoms with Gasteiger partial charge >= 0.3 is 5.97 Å². The van der Waals surface area contributed by atoms with Gasteiger partial charge in [0.2, 0.25) is 0 Å². The number of likely N-dealkylation sites (tertiary alicyclic amines) is 1. The molecule has 0 spiro atoms. The summed E-state index contributed by atoms with van der Waals surface area (Å²) in [4.78, 5) is 25.9. The molecular weight excluding hydrogens is 270 g/mol. The Morgan fingerprint density at radius 1 is 1.24 bits per heavy atom. The SMILES string of the molecule is COC(=O)CC1CCCCN1C(=O)c1cc(N)cc(N)c1. The van der Waals surface area contributed by atoms with Crippen molar-refractivity contribution in [2.24, 2.45) is 0 Å². The summed E-state index contributed by atoms with van der Waals surface area (Å²) >= 11 is 0. The zero-order chi connectivity index (χ0) is 15.4. The van der Waals surface area contributed by atoms with Crippen LogP contribution < -0.4 is 11.5 Å². The lowest BCUT2D eigenvalue weighted by Gasteiger charge is -2.35. The Bertz CT molecular complexity index is 525. The van der Waals surface area contributed by atoms with Crippen LogP contribution in [0.1, 0.15) is 36.0 Å². The second-order valence-corrected chi connectivity index (χ2v) is 5.32. The summed E-state index contributed by atoms with van der Waals surface area (Å²) in [6, 6.07) is 4.71. The van der Waals surface area contributed by atoms with E-state index in [2.05, 4.69) is 0 Å². The van der Waals surface area contributed by atoms with E-state index in [-0.39, 0.29) is 24.3 Å². The number of hydrogen-bond donors (Lipinski definition) is 2. The number of piperidine rings is 1. The van der Waals surface area contributed by atoms with E-state index in [1.807, 2.05) is 0 Å². The van der Waals surface area contributed by atoms with Crippen LogP contribution in [0.3, 0.4) is 0 Å². The Hall–Kier alpha value is -2.24. The van der Waals surface area contributed by atoms with Gasteiger partial charge in [0.1, 0.15) is 0 Å². The molecule has 4 N–H and O–H groups in total. The molecular formula is C15H21N3O3. The first kappa shape index (κ1) is 15.2. The van der Waals surface area contributed by atoms with E-state index < -0.39 is 0 Å². The molecule has 1 atom stereocenters. The van der Waals surface area contributed by atoms with Crippen molar-refractivity contribution in [1.29, 1.82) is 0 Å². The first-order chi connectivity index (χ1) is 10.0. The van der Waals surface area contributed by atoms with Gasteiger partial charge < -0.3 is 21.1 Å². The number of methoxy groups -OCH3 is 1. The van der Waals surface area contributed by atoms with Gasteiger partial charge in [0, 0.05) is 29.5 Å². The standard InChI is InChI=1S/C15H21N3O3/c1-21-14(19)9-13-4-2-3-5-18(13)15(20)10-6-11(16)8-12(17)7-10/h6-8,13H,2-5,9,16-17H2,1H3. The maximum Gasteiger partial charge on any atom is 0.307 e. The van der Waals surface area contributed by atoms with Crippen LogP contribution in [0.25, 0.3) is 0 Å². The van der Waals surface area contributed by atoms with E-state index in [0.29, 0.717) is 23.5 Å². The van der Waals surface area contributed by atoms with Crippen molar-refractivity contribution in [1.82, 2.24) is 4.90 Å². The number of nitrogens with zero attached hydrogens (tertiary/aromatic N) is 1. The number of nitrogen functional groups attached to an aromatic ring is 2. The molecule has 0 aromatic heterocycles. The maximum atomic E-state index is 12.6. The molecule has 1 amide bonds. The summed E-state index contributed by atoms with van der Waals surface area (Å²) in [5.74, 6) is -0.436. The Labute approximate surface area is 124 Å². The van der Waals surface area contributed by atoms with E-state index >= 15 is 0 Å². The second kappa shape index (κ2) is 6.47. The highest BCUT2D eigenvalue weighted by Gasteiger charge is 2.29. The largest absolute Gasteiger partial charge is 0.469 e. The third-order valence-electron chi connectivity index (χ3n) is 3.74. The van der Waals surface area contributed by atoms with Gasteiger partial charge in [0.25, 0.3) is 5.91 Å². The second-order valence-electron chi connectivity index (χ2n) is 5.32. The number of carbonyl (C=O) groups is 2. The van der Waals surface area contributed by atoms with Crippen LogP contribution in [0.4, 0.5) is 11.4 Å². The molecule has 1 aliphatic heterocycles. The molecule has 0 bridgehead atoms. The molecule has 1 aliphatic rings. The van der Waals surface area contributed by atoms with Crippen molar-refractivity contribution in [2.75, 3.05) is 25.1 Å². The van der Waals surface area contributed by atoms with E-state index in [9.17, 15) is 9.59 Å². The zero-order valence-electron chi connectivity index (χ0n) is 12.2. The number of esters is 1. The zero-order valence-corrected chi connectivity index (χ0v) is 12.2. The quantitative estimate of drug-likeness (QED) is 0.648. The van der Waals surface area contributed by atoms with Crippen molar-refractivity contribution in [3.8, 4) is 0 Å². The number of hydrogen-bond acceptors (Lipinski definition) is 5. The molecule has 1 aromatic rings. The van der Waals surface area contributed by atoms with Crippen LogP contribution in [0.2, 0.25) is 0 Å². The number of amides is 1. The Kier molecular flexibility index (Phi) is 4.67. The average molecular weight is 291 g/mol. The molecule has 1 heterocycles. The van der Waals surface area contributed by atoms with Gasteiger partial charge in [-0.3, -0.25) is 9.59 Å². The van der Waals surface area contributed by atoms with Gasteiger partial charge in [0.05, 0.1) is 13.5 Å². The molecule has 6 nitrogen and oxygen atoms in total. The third-order valence-corrected chi connectivity index (χ3v) is 3.74. The fraction of sp³-hybridized carbons (Fsp3) is 0.467. The van der Waals surface area contributed by atoms with Crippen molar-refractivity contribution in [2.45, 2.75) is 31.7 Å². The molecule has 21 heavy (non-hydrogen) atoms. The van der Waals surface area contributed by atoms with Crippen LogP contribution in [-0.2, 0) is 9.53 Å². The molecule has 6 heteroatoms. The molecule has 2 rings (SSSR count). The van der Waals surface area contributed by atoms with Gasteiger partial charge in [-0.2, -0.15) is 0 Å². The average Bonchev–Trinajstić information content (AvgIpc) is 2.46. The number of benzene rings is 1. The molecule has 1 fully saturated rings. The molecule has 0 radical (unpaired) electrons. The minimum atomic E-state index is -0.299. The van der Waals surface area contributed by atoms with Gasteiger partial charge in [-0.15, -0.1) is 0 Å². The molecule has 114 valence electrons. The van der Waals surface area contributed by atoms with E-state index in [1.165, 1.54) is 7.11 Å². The molecule has 1 unspecified atom stereocenters. The number of nitrogens with two attached hydrogens (primary N) is 2. The van der Waals surface area contributed by atoms with E-state index in [0.717, 1.165) is 19.3 Å². The minimum Gasteiger partial charge on any atom is -0.469 e. The summed E-state index contributed by atoms with van der Waals surface area (Å²) in [5.41, 5.74) is 12.9. The van der Waals surface area contributed by atoms with Crippen molar-refractivity contribution in [3.63, 3.8) is 0 Å². The normalized spacial score (nSPS) is 18.3. The fourth-order valence-corrected chi connectivity index (χ4v) is 2.72. The summed E-state index contributed by atoms with van der Waals surface area (Å²) in [6.45, 7) is 0.634. The van der Waals surface area contributed by atoms with Crippen LogP contribution in [-0.4, -0.2) is 36.5 Å². The van der Waals surface area contributed by atoms with Gasteiger partial charge in [-0.25, -0.2) is 0 Å². The lowest BCUT2D eigenvalue weighted by atomic mass is 9.98. The molecule has 0 aliphatic carbocycles. The Morgan fingerprint density at radius 3 is 2.52 bits per heavy atom. The number of anilines is 2. The molecule has 1 saturated heterocycles. The van der Waals surface area contributed by atoms with Crippen molar-refractivity contribution in [3.05, 3.63) is 23.8 Å². The number of rotatable bonds is 3. The summed E-state index contributed by atoms with van der Waals surface area (Å²) in [5, 5.41) is 0. The monoisotopic (exact) mass is 291 g/mol. The van der Waals surface area contributed by atoms with Gasteiger partial charge in [-0.1, -0.05) is 0 Å². The van der Waals surface area contributed by atoms with Gasteiger partial charge in [0.15, 0.2) is 0 Å². The van der Waals surface area contributed by atoms with Crippen LogP contribution in [0.5, 0.6) is 0 Å². The first-order valence-corrected chi connectivity index (χ1v) is 7.05.